The minimum atomic E-state index is -0.917. The van der Waals surface area contributed by atoms with Gasteiger partial charge in [0.15, 0.2) is 0 Å². The van der Waals surface area contributed by atoms with Gasteiger partial charge in [-0.15, -0.1) is 0 Å². The lowest BCUT2D eigenvalue weighted by Crippen LogP contribution is -2.54. The van der Waals surface area contributed by atoms with Crippen LogP contribution in [-0.2, 0) is 9.59 Å². The largest absolute Gasteiger partial charge is 0.483 e. The molecule has 2 atom stereocenters. The zero-order valence-electron chi connectivity index (χ0n) is 9.63. The summed E-state index contributed by atoms with van der Waals surface area (Å²) in [5, 5.41) is 29.1. The highest BCUT2D eigenvalue weighted by atomic mass is 16.4. The molecular formula is C11H19NO5. The van der Waals surface area contributed by atoms with E-state index < -0.39 is 17.5 Å². The standard InChI is InChI=1S/C10H17NO3.CH2O2/c12-8-3-4-11-6-10(8,9(13)14)5-7-1-2-7;2-1-3/h7-8,11-12H,1-6H2,(H,13,14);1H,(H,2,3)/t8-,10-;/m0./s1. The van der Waals surface area contributed by atoms with Gasteiger partial charge in [0.05, 0.1) is 6.10 Å². The highest BCUT2D eigenvalue weighted by Gasteiger charge is 2.49. The maximum atomic E-state index is 11.2. The molecule has 1 saturated carbocycles. The van der Waals surface area contributed by atoms with Crippen molar-refractivity contribution >= 4 is 12.4 Å². The zero-order valence-corrected chi connectivity index (χ0v) is 9.63. The maximum absolute atomic E-state index is 11.2. The monoisotopic (exact) mass is 245 g/mol. The number of carboxylic acid groups (broad SMARTS) is 2. The van der Waals surface area contributed by atoms with Gasteiger partial charge < -0.3 is 20.6 Å². The van der Waals surface area contributed by atoms with E-state index in [4.69, 9.17) is 9.90 Å². The quantitative estimate of drug-likeness (QED) is 0.518. The Morgan fingerprint density at radius 2 is 2.00 bits per heavy atom. The maximum Gasteiger partial charge on any atom is 0.313 e. The van der Waals surface area contributed by atoms with E-state index in [9.17, 15) is 15.0 Å². The molecule has 0 bridgehead atoms. The Morgan fingerprint density at radius 3 is 2.41 bits per heavy atom. The van der Waals surface area contributed by atoms with Crippen molar-refractivity contribution in [3.05, 3.63) is 0 Å². The summed E-state index contributed by atoms with van der Waals surface area (Å²) in [6.45, 7) is 0.890. The normalized spacial score (nSPS) is 32.2. The van der Waals surface area contributed by atoms with Crippen LogP contribution in [-0.4, -0.2) is 47.0 Å². The molecule has 1 aliphatic carbocycles. The second-order valence-corrected chi connectivity index (χ2v) is 4.70. The fourth-order valence-corrected chi connectivity index (χ4v) is 2.30. The van der Waals surface area contributed by atoms with Crippen LogP contribution in [0.3, 0.4) is 0 Å². The van der Waals surface area contributed by atoms with Crippen LogP contribution in [0.2, 0.25) is 0 Å². The summed E-state index contributed by atoms with van der Waals surface area (Å²) >= 11 is 0. The first-order chi connectivity index (χ1) is 8.06. The third-order valence-electron chi connectivity index (χ3n) is 3.45. The number of piperidine rings is 1. The number of hydrogen-bond donors (Lipinski definition) is 4. The summed E-state index contributed by atoms with van der Waals surface area (Å²) in [5.74, 6) is -0.315. The molecule has 1 heterocycles. The number of aliphatic hydroxyl groups excluding tert-OH is 1. The van der Waals surface area contributed by atoms with Gasteiger partial charge in [-0.25, -0.2) is 0 Å². The van der Waals surface area contributed by atoms with E-state index in [2.05, 4.69) is 5.32 Å². The van der Waals surface area contributed by atoms with Crippen molar-refractivity contribution in [2.24, 2.45) is 11.3 Å². The van der Waals surface area contributed by atoms with Crippen LogP contribution in [0.15, 0.2) is 0 Å². The van der Waals surface area contributed by atoms with Crippen molar-refractivity contribution in [3.63, 3.8) is 0 Å². The van der Waals surface area contributed by atoms with Gasteiger partial charge in [-0.2, -0.15) is 0 Å². The average Bonchev–Trinajstić information content (AvgIpc) is 3.06. The van der Waals surface area contributed by atoms with Crippen LogP contribution >= 0.6 is 0 Å². The van der Waals surface area contributed by atoms with E-state index >= 15 is 0 Å². The topological polar surface area (TPSA) is 107 Å². The number of aliphatic carboxylic acids is 1. The minimum Gasteiger partial charge on any atom is -0.483 e. The van der Waals surface area contributed by atoms with Crippen molar-refractivity contribution in [2.75, 3.05) is 13.1 Å². The lowest BCUT2D eigenvalue weighted by atomic mass is 9.74. The van der Waals surface area contributed by atoms with Gasteiger partial charge in [0.1, 0.15) is 5.41 Å². The molecule has 0 amide bonds. The van der Waals surface area contributed by atoms with Crippen molar-refractivity contribution in [3.8, 4) is 0 Å². The number of nitrogens with one attached hydrogen (secondary N) is 1. The van der Waals surface area contributed by atoms with Gasteiger partial charge in [-0.1, -0.05) is 12.8 Å². The third kappa shape index (κ3) is 3.41. The average molecular weight is 245 g/mol. The Bertz CT molecular complexity index is 279. The van der Waals surface area contributed by atoms with Crippen LogP contribution in [0.5, 0.6) is 0 Å². The van der Waals surface area contributed by atoms with E-state index in [0.29, 0.717) is 25.3 Å². The number of carbonyl (C=O) groups is 2. The molecule has 0 aromatic rings. The van der Waals surface area contributed by atoms with Crippen LogP contribution in [0.25, 0.3) is 0 Å². The fourth-order valence-electron chi connectivity index (χ4n) is 2.30. The van der Waals surface area contributed by atoms with Crippen LogP contribution < -0.4 is 5.32 Å². The zero-order chi connectivity index (χ0) is 12.9. The molecule has 0 unspecified atom stereocenters. The number of aliphatic hydroxyl groups is 1. The highest BCUT2D eigenvalue weighted by Crippen LogP contribution is 2.43. The van der Waals surface area contributed by atoms with Gasteiger partial charge in [-0.3, -0.25) is 9.59 Å². The summed E-state index contributed by atoms with van der Waals surface area (Å²) < 4.78 is 0. The highest BCUT2D eigenvalue weighted by molar-refractivity contribution is 5.76. The molecule has 1 saturated heterocycles. The molecule has 2 aliphatic rings. The van der Waals surface area contributed by atoms with Crippen LogP contribution in [0.1, 0.15) is 25.7 Å². The molecule has 98 valence electrons. The first-order valence-corrected chi connectivity index (χ1v) is 5.77. The lowest BCUT2D eigenvalue weighted by molar-refractivity contribution is -0.159. The molecule has 0 aromatic carbocycles. The van der Waals surface area contributed by atoms with Crippen LogP contribution in [0.4, 0.5) is 0 Å². The molecule has 0 radical (unpaired) electrons. The van der Waals surface area contributed by atoms with E-state index in [-0.39, 0.29) is 6.47 Å². The molecule has 6 nitrogen and oxygen atoms in total. The van der Waals surface area contributed by atoms with Gasteiger partial charge >= 0.3 is 5.97 Å². The molecule has 2 rings (SSSR count). The summed E-state index contributed by atoms with van der Waals surface area (Å²) in [7, 11) is 0. The number of rotatable bonds is 3. The first-order valence-electron chi connectivity index (χ1n) is 5.77. The lowest BCUT2D eigenvalue weighted by Gasteiger charge is -2.38. The Labute approximate surface area is 99.6 Å². The van der Waals surface area contributed by atoms with Gasteiger partial charge in [-0.05, 0) is 25.3 Å². The van der Waals surface area contributed by atoms with E-state index in [1.807, 2.05) is 0 Å². The Hall–Kier alpha value is -1.14. The van der Waals surface area contributed by atoms with E-state index in [1.54, 1.807) is 0 Å². The molecule has 0 spiro atoms. The Balaban J connectivity index is 0.000000437. The second kappa shape index (κ2) is 5.97. The molecule has 1 aliphatic heterocycles. The number of carboxylic acids is 1. The molecule has 0 aromatic heterocycles. The summed E-state index contributed by atoms with van der Waals surface area (Å²) in [4.78, 5) is 19.6. The molecule has 6 heteroatoms. The summed E-state index contributed by atoms with van der Waals surface area (Å²) in [6.07, 6.45) is 2.76. The van der Waals surface area contributed by atoms with Gasteiger partial charge in [0, 0.05) is 6.54 Å². The Morgan fingerprint density at radius 1 is 1.41 bits per heavy atom. The minimum absolute atomic E-state index is 0.250. The molecule has 17 heavy (non-hydrogen) atoms. The number of hydrogen-bond acceptors (Lipinski definition) is 4. The van der Waals surface area contributed by atoms with Crippen molar-refractivity contribution in [1.29, 1.82) is 0 Å². The predicted octanol–water partition coefficient (Wildman–Crippen LogP) is -0.0875. The van der Waals surface area contributed by atoms with Gasteiger partial charge in [0.25, 0.3) is 6.47 Å². The van der Waals surface area contributed by atoms with Crippen molar-refractivity contribution in [2.45, 2.75) is 31.8 Å². The smallest absolute Gasteiger partial charge is 0.313 e. The Kier molecular flexibility index (Phi) is 4.89. The molecule has 4 N–H and O–H groups in total. The molecular weight excluding hydrogens is 226 g/mol. The SMILES string of the molecule is O=C(O)[C@@]1(CC2CC2)CNCC[C@@H]1O.O=CO. The van der Waals surface area contributed by atoms with Crippen molar-refractivity contribution < 1.29 is 24.9 Å². The van der Waals surface area contributed by atoms with Crippen molar-refractivity contribution in [1.82, 2.24) is 5.32 Å². The third-order valence-corrected chi connectivity index (χ3v) is 3.45. The van der Waals surface area contributed by atoms with Gasteiger partial charge in [0.2, 0.25) is 0 Å². The van der Waals surface area contributed by atoms with E-state index in [1.165, 1.54) is 0 Å². The first kappa shape index (κ1) is 13.9. The fraction of sp³-hybridized carbons (Fsp3) is 0.818. The summed E-state index contributed by atoms with van der Waals surface area (Å²) in [6, 6.07) is 0. The molecule has 2 fully saturated rings. The summed E-state index contributed by atoms with van der Waals surface area (Å²) in [5.41, 5.74) is -0.917. The van der Waals surface area contributed by atoms with E-state index in [0.717, 1.165) is 19.4 Å². The predicted molar refractivity (Wildman–Crippen MR) is 59.6 cm³/mol. The second-order valence-electron chi connectivity index (χ2n) is 4.70. The van der Waals surface area contributed by atoms with Crippen LogP contribution in [0, 0.1) is 11.3 Å².